The van der Waals surface area contributed by atoms with Gasteiger partial charge in [-0.1, -0.05) is 26.3 Å². The van der Waals surface area contributed by atoms with Crippen molar-refractivity contribution in [3.05, 3.63) is 23.9 Å². The molecule has 0 aliphatic rings. The van der Waals surface area contributed by atoms with Crippen molar-refractivity contribution in [1.82, 2.24) is 10.2 Å². The number of hydrogen-bond acceptors (Lipinski definition) is 5. The molecule has 31 heavy (non-hydrogen) atoms. The summed E-state index contributed by atoms with van der Waals surface area (Å²) in [7, 11) is 3.85. The van der Waals surface area contributed by atoms with E-state index in [1.54, 1.807) is 11.8 Å². The smallest absolute Gasteiger partial charge is 0.250 e. The lowest BCUT2D eigenvalue weighted by Crippen LogP contribution is -2.46. The van der Waals surface area contributed by atoms with E-state index in [0.717, 1.165) is 38.5 Å². The molecule has 0 radical (unpaired) electrons. The van der Waals surface area contributed by atoms with Crippen LogP contribution in [-0.4, -0.2) is 74.0 Å². The Labute approximate surface area is 187 Å². The summed E-state index contributed by atoms with van der Waals surface area (Å²) in [4.78, 5) is 37.4. The summed E-state index contributed by atoms with van der Waals surface area (Å²) in [6, 6.07) is 0. The van der Waals surface area contributed by atoms with E-state index in [4.69, 9.17) is 5.73 Å². The molecule has 0 bridgehead atoms. The number of nitrogens with one attached hydrogen (secondary N) is 1. The van der Waals surface area contributed by atoms with Gasteiger partial charge < -0.3 is 30.3 Å². The summed E-state index contributed by atoms with van der Waals surface area (Å²) in [5.41, 5.74) is 6.02. The van der Waals surface area contributed by atoms with Gasteiger partial charge in [0.1, 0.15) is 6.54 Å². The number of amides is 2. The van der Waals surface area contributed by atoms with Crippen molar-refractivity contribution in [2.75, 3.05) is 46.8 Å². The van der Waals surface area contributed by atoms with Gasteiger partial charge in [-0.3, -0.25) is 9.59 Å². The first kappa shape index (κ1) is 28.8. The zero-order valence-corrected chi connectivity index (χ0v) is 19.9. The highest BCUT2D eigenvalue weighted by atomic mass is 16.4. The Morgan fingerprint density at radius 3 is 2.32 bits per heavy atom. The molecule has 0 unspecified atom stereocenters. The van der Waals surface area contributed by atoms with Gasteiger partial charge in [-0.2, -0.15) is 0 Å². The lowest BCUT2D eigenvalue weighted by molar-refractivity contribution is -0.885. The molecule has 0 saturated heterocycles. The highest BCUT2D eigenvalue weighted by Gasteiger charge is 2.20. The third kappa shape index (κ3) is 13.7. The first-order valence-electron chi connectivity index (χ1n) is 11.2. The number of nitrogens with two attached hydrogens (primary N) is 1. The van der Waals surface area contributed by atoms with Crippen LogP contribution in [0.15, 0.2) is 23.9 Å². The van der Waals surface area contributed by atoms with Crippen LogP contribution in [0.3, 0.4) is 0 Å². The molecule has 0 atom stereocenters. The van der Waals surface area contributed by atoms with Gasteiger partial charge in [0.25, 0.3) is 5.91 Å². The van der Waals surface area contributed by atoms with Crippen molar-refractivity contribution in [1.29, 1.82) is 0 Å². The fourth-order valence-corrected chi connectivity index (χ4v) is 3.29. The van der Waals surface area contributed by atoms with Crippen LogP contribution in [0.5, 0.6) is 0 Å². The maximum atomic E-state index is 12.8. The van der Waals surface area contributed by atoms with Gasteiger partial charge in [0.05, 0.1) is 26.6 Å². The largest absolute Gasteiger partial charge is 0.545 e. The van der Waals surface area contributed by atoms with Crippen molar-refractivity contribution in [3.63, 3.8) is 0 Å². The van der Waals surface area contributed by atoms with Gasteiger partial charge in [0.15, 0.2) is 0 Å². The summed E-state index contributed by atoms with van der Waals surface area (Å²) < 4.78 is 0.455. The highest BCUT2D eigenvalue weighted by Crippen LogP contribution is 2.08. The van der Waals surface area contributed by atoms with Gasteiger partial charge in [-0.05, 0) is 32.7 Å². The molecule has 3 N–H and O–H groups in total. The van der Waals surface area contributed by atoms with Crippen LogP contribution in [0.4, 0.5) is 0 Å². The standard InChI is InChI=1S/C23H42N4O4/c1-6-14-26(15-11-16-27(4,5)18-20(3)23(30)31)22(29)19(2)17-25-21(28)12-9-7-8-10-13-24/h17H,3,6-16,18,24H2,1-2,4-5H3,(H-,25,28,29,30,31). The van der Waals surface area contributed by atoms with Crippen LogP contribution in [0.25, 0.3) is 0 Å². The van der Waals surface area contributed by atoms with E-state index in [0.29, 0.717) is 49.2 Å². The maximum absolute atomic E-state index is 12.8. The number of aliphatic carboxylic acids is 1. The van der Waals surface area contributed by atoms with Crippen LogP contribution in [0, 0.1) is 0 Å². The first-order valence-corrected chi connectivity index (χ1v) is 11.2. The van der Waals surface area contributed by atoms with Gasteiger partial charge in [-0.25, -0.2) is 0 Å². The molecule has 0 aliphatic carbocycles. The molecular weight excluding hydrogens is 396 g/mol. The quantitative estimate of drug-likeness (QED) is 0.199. The Balaban J connectivity index is 4.60. The summed E-state index contributed by atoms with van der Waals surface area (Å²) in [6.07, 6.45) is 7.27. The molecular formula is C23H42N4O4. The highest BCUT2D eigenvalue weighted by molar-refractivity contribution is 5.93. The van der Waals surface area contributed by atoms with Crippen LogP contribution >= 0.6 is 0 Å². The minimum Gasteiger partial charge on any atom is -0.545 e. The van der Waals surface area contributed by atoms with Gasteiger partial charge in [0.2, 0.25) is 5.91 Å². The lowest BCUT2D eigenvalue weighted by atomic mass is 10.1. The second kappa shape index (κ2) is 15.6. The van der Waals surface area contributed by atoms with Crippen LogP contribution in [0.1, 0.15) is 58.8 Å². The maximum Gasteiger partial charge on any atom is 0.250 e. The van der Waals surface area contributed by atoms with Crippen molar-refractivity contribution >= 4 is 17.8 Å². The van der Waals surface area contributed by atoms with E-state index in [-0.39, 0.29) is 17.4 Å². The number of unbranched alkanes of at least 4 members (excludes halogenated alkanes) is 3. The number of likely N-dealkylation sites (N-methyl/N-ethyl adjacent to an activating group) is 1. The number of hydrogen-bond donors (Lipinski definition) is 2. The second-order valence-corrected chi connectivity index (χ2v) is 8.70. The monoisotopic (exact) mass is 438 g/mol. The van der Waals surface area contributed by atoms with E-state index in [9.17, 15) is 19.5 Å². The van der Waals surface area contributed by atoms with Gasteiger partial charge in [0, 0.05) is 43.3 Å². The van der Waals surface area contributed by atoms with Crippen molar-refractivity contribution in [2.24, 2.45) is 5.73 Å². The zero-order chi connectivity index (χ0) is 23.9. The summed E-state index contributed by atoms with van der Waals surface area (Å²) >= 11 is 0. The second-order valence-electron chi connectivity index (χ2n) is 8.70. The molecule has 8 nitrogen and oxygen atoms in total. The van der Waals surface area contributed by atoms with Crippen molar-refractivity contribution < 1.29 is 24.0 Å². The number of nitrogens with zero attached hydrogens (tertiary/aromatic N) is 2. The summed E-state index contributed by atoms with van der Waals surface area (Å²) in [5.74, 6) is -1.42. The molecule has 0 aromatic heterocycles. The molecule has 0 aromatic carbocycles. The minimum absolute atomic E-state index is 0.0698. The molecule has 0 aliphatic heterocycles. The van der Waals surface area contributed by atoms with E-state index in [1.807, 2.05) is 21.0 Å². The van der Waals surface area contributed by atoms with E-state index < -0.39 is 5.97 Å². The van der Waals surface area contributed by atoms with Crippen LogP contribution in [0.2, 0.25) is 0 Å². The predicted molar refractivity (Wildman–Crippen MR) is 122 cm³/mol. The molecule has 8 heteroatoms. The van der Waals surface area contributed by atoms with Gasteiger partial charge in [-0.15, -0.1) is 0 Å². The fourth-order valence-electron chi connectivity index (χ4n) is 3.29. The fraction of sp³-hybridized carbons (Fsp3) is 0.696. The molecule has 178 valence electrons. The van der Waals surface area contributed by atoms with Crippen LogP contribution in [-0.2, 0) is 14.4 Å². The number of rotatable bonds is 17. The zero-order valence-electron chi connectivity index (χ0n) is 19.9. The van der Waals surface area contributed by atoms with Crippen LogP contribution < -0.4 is 16.2 Å². The molecule has 0 heterocycles. The first-order chi connectivity index (χ1) is 14.5. The van der Waals surface area contributed by atoms with E-state index in [2.05, 4.69) is 11.9 Å². The van der Waals surface area contributed by atoms with Gasteiger partial charge >= 0.3 is 0 Å². The Hall–Kier alpha value is -2.19. The SMILES string of the molecule is C=C(C[N+](C)(C)CCCN(CCC)C(=O)C(C)=CNC(=O)CCCCCCN)C(=O)[O-]. The number of quaternary nitrogens is 1. The molecule has 0 saturated carbocycles. The Bertz CT molecular complexity index is 629. The van der Waals surface area contributed by atoms with Crippen molar-refractivity contribution in [3.8, 4) is 0 Å². The number of carboxylic acids is 1. The Morgan fingerprint density at radius 2 is 1.74 bits per heavy atom. The third-order valence-electron chi connectivity index (χ3n) is 5.02. The van der Waals surface area contributed by atoms with Crippen molar-refractivity contribution in [2.45, 2.75) is 58.8 Å². The summed E-state index contributed by atoms with van der Waals surface area (Å²) in [6.45, 7) is 10.1. The topological polar surface area (TPSA) is 116 Å². The number of carbonyl (C=O) groups excluding carboxylic acids is 3. The molecule has 0 rings (SSSR count). The number of carbonyl (C=O) groups is 3. The normalized spacial score (nSPS) is 11.8. The predicted octanol–water partition coefficient (Wildman–Crippen LogP) is 0.927. The molecule has 0 fully saturated rings. The Morgan fingerprint density at radius 1 is 1.10 bits per heavy atom. The summed E-state index contributed by atoms with van der Waals surface area (Å²) in [5, 5.41) is 13.6. The van der Waals surface area contributed by atoms with E-state index in [1.165, 1.54) is 6.20 Å². The average Bonchev–Trinajstić information content (AvgIpc) is 2.70. The number of carboxylic acid groups (broad SMARTS) is 1. The minimum atomic E-state index is -1.23. The average molecular weight is 439 g/mol. The van der Waals surface area contributed by atoms with E-state index >= 15 is 0 Å². The Kier molecular flexibility index (Phi) is 14.5. The molecule has 2 amide bonds. The lowest BCUT2D eigenvalue weighted by Gasteiger charge is -2.32. The third-order valence-corrected chi connectivity index (χ3v) is 5.02. The molecule has 0 spiro atoms. The molecule has 0 aromatic rings.